The van der Waals surface area contributed by atoms with Crippen LogP contribution in [0, 0.1) is 5.92 Å². The van der Waals surface area contributed by atoms with Crippen LogP contribution in [0.2, 0.25) is 0 Å². The van der Waals surface area contributed by atoms with Gasteiger partial charge in [0.2, 0.25) is 5.16 Å². The molecular formula is C10H16N4S. The Labute approximate surface area is 93.8 Å². The van der Waals surface area contributed by atoms with Crippen LogP contribution < -0.4 is 5.43 Å². The third-order valence-electron chi connectivity index (χ3n) is 3.43. The minimum absolute atomic E-state index is 0.610. The molecule has 3 rings (SSSR count). The van der Waals surface area contributed by atoms with Gasteiger partial charge in [-0.3, -0.25) is 0 Å². The van der Waals surface area contributed by atoms with Gasteiger partial charge in [-0.1, -0.05) is 31.0 Å². The molecule has 0 aromatic carbocycles. The molecule has 2 heterocycles. The van der Waals surface area contributed by atoms with Gasteiger partial charge in [-0.25, -0.2) is 4.68 Å². The van der Waals surface area contributed by atoms with Crippen molar-refractivity contribution in [1.82, 2.24) is 14.9 Å². The molecule has 1 aromatic rings. The molecule has 1 N–H and O–H groups in total. The number of nitrogens with zero attached hydrogens (tertiary/aromatic N) is 3. The molecular weight excluding hydrogens is 208 g/mol. The molecule has 2 aliphatic rings. The first-order valence-electron chi connectivity index (χ1n) is 5.73. The normalized spacial score (nSPS) is 27.1. The zero-order valence-corrected chi connectivity index (χ0v) is 9.54. The van der Waals surface area contributed by atoms with Crippen LogP contribution in [0.5, 0.6) is 0 Å². The minimum atomic E-state index is 0.610. The Balaban J connectivity index is 1.69. The molecule has 4 nitrogen and oxygen atoms in total. The molecule has 0 saturated heterocycles. The van der Waals surface area contributed by atoms with Gasteiger partial charge in [0.05, 0.1) is 6.04 Å². The maximum absolute atomic E-state index is 4.05. The van der Waals surface area contributed by atoms with E-state index in [9.17, 15) is 0 Å². The van der Waals surface area contributed by atoms with E-state index in [1.165, 1.54) is 32.1 Å². The highest BCUT2D eigenvalue weighted by atomic mass is 32.2. The Morgan fingerprint density at radius 2 is 2.20 bits per heavy atom. The van der Waals surface area contributed by atoms with Crippen molar-refractivity contribution in [1.29, 1.82) is 0 Å². The maximum atomic E-state index is 4.05. The van der Waals surface area contributed by atoms with E-state index >= 15 is 0 Å². The van der Waals surface area contributed by atoms with Gasteiger partial charge in [-0.15, -0.1) is 10.2 Å². The van der Waals surface area contributed by atoms with Crippen molar-refractivity contribution in [2.45, 2.75) is 43.3 Å². The first-order chi connectivity index (χ1) is 7.43. The molecule has 15 heavy (non-hydrogen) atoms. The van der Waals surface area contributed by atoms with Crippen LogP contribution in [0.4, 0.5) is 0 Å². The minimum Gasteiger partial charge on any atom is -0.318 e. The summed E-state index contributed by atoms with van der Waals surface area (Å²) in [5.74, 6) is 1.99. The standard InChI is InChI=1S/C10H16N4S/c1-2-4-8(5-3-1)9-6-15-10-12-11-7-14(10)13-9/h7-9,13H,1-6H2. The summed E-state index contributed by atoms with van der Waals surface area (Å²) in [5.41, 5.74) is 3.52. The van der Waals surface area contributed by atoms with Crippen molar-refractivity contribution in [3.63, 3.8) is 0 Å². The first-order valence-corrected chi connectivity index (χ1v) is 6.71. The number of hydrogen-bond acceptors (Lipinski definition) is 4. The summed E-state index contributed by atoms with van der Waals surface area (Å²) < 4.78 is 1.98. The number of rotatable bonds is 1. The predicted octanol–water partition coefficient (Wildman–Crippen LogP) is 1.88. The smallest absolute Gasteiger partial charge is 0.209 e. The number of thioether (sulfide) groups is 1. The third kappa shape index (κ3) is 1.85. The number of hydrogen-bond donors (Lipinski definition) is 1. The summed E-state index contributed by atoms with van der Waals surface area (Å²) in [5, 5.41) is 8.96. The molecule has 1 aromatic heterocycles. The van der Waals surface area contributed by atoms with E-state index in [4.69, 9.17) is 0 Å². The van der Waals surface area contributed by atoms with Crippen LogP contribution in [0.15, 0.2) is 11.5 Å². The number of aromatic nitrogens is 3. The molecule has 1 saturated carbocycles. The zero-order chi connectivity index (χ0) is 10.1. The van der Waals surface area contributed by atoms with Gasteiger partial charge in [0.1, 0.15) is 6.33 Å². The molecule has 1 aliphatic carbocycles. The van der Waals surface area contributed by atoms with Crippen LogP contribution in [-0.2, 0) is 0 Å². The molecule has 1 fully saturated rings. The van der Waals surface area contributed by atoms with E-state index in [0.29, 0.717) is 6.04 Å². The summed E-state index contributed by atoms with van der Waals surface area (Å²) in [6.45, 7) is 0. The van der Waals surface area contributed by atoms with E-state index < -0.39 is 0 Å². The van der Waals surface area contributed by atoms with Crippen LogP contribution >= 0.6 is 11.8 Å². The van der Waals surface area contributed by atoms with Gasteiger partial charge in [0.25, 0.3) is 0 Å². The van der Waals surface area contributed by atoms with Crippen LogP contribution in [0.25, 0.3) is 0 Å². The van der Waals surface area contributed by atoms with Crippen molar-refractivity contribution in [2.75, 3.05) is 11.2 Å². The highest BCUT2D eigenvalue weighted by Crippen LogP contribution is 2.31. The lowest BCUT2D eigenvalue weighted by Crippen LogP contribution is -2.40. The molecule has 0 spiro atoms. The van der Waals surface area contributed by atoms with Crippen LogP contribution in [0.3, 0.4) is 0 Å². The average Bonchev–Trinajstić information content (AvgIpc) is 2.77. The Kier molecular flexibility index (Phi) is 2.56. The lowest BCUT2D eigenvalue weighted by molar-refractivity contribution is 0.315. The second-order valence-electron chi connectivity index (χ2n) is 4.43. The molecule has 0 radical (unpaired) electrons. The second-order valence-corrected chi connectivity index (χ2v) is 5.42. The summed E-state index contributed by atoms with van der Waals surface area (Å²) in [6.07, 6.45) is 8.78. The average molecular weight is 224 g/mol. The van der Waals surface area contributed by atoms with Gasteiger partial charge in [0.15, 0.2) is 0 Å². The van der Waals surface area contributed by atoms with Gasteiger partial charge in [-0.05, 0) is 18.8 Å². The van der Waals surface area contributed by atoms with E-state index in [1.54, 1.807) is 6.33 Å². The lowest BCUT2D eigenvalue weighted by atomic mass is 9.85. The highest BCUT2D eigenvalue weighted by Gasteiger charge is 2.27. The fraction of sp³-hybridized carbons (Fsp3) is 0.800. The Bertz CT molecular complexity index is 332. The Morgan fingerprint density at radius 3 is 3.07 bits per heavy atom. The largest absolute Gasteiger partial charge is 0.318 e. The number of nitrogens with one attached hydrogen (secondary N) is 1. The number of fused-ring (bicyclic) bond motifs is 1. The first kappa shape index (κ1) is 9.51. The van der Waals surface area contributed by atoms with Gasteiger partial charge >= 0.3 is 0 Å². The Hall–Kier alpha value is -0.710. The fourth-order valence-electron chi connectivity index (χ4n) is 2.57. The molecule has 0 bridgehead atoms. The molecule has 1 atom stereocenters. The lowest BCUT2D eigenvalue weighted by Gasteiger charge is -2.33. The van der Waals surface area contributed by atoms with E-state index in [-0.39, 0.29) is 0 Å². The van der Waals surface area contributed by atoms with Crippen molar-refractivity contribution < 1.29 is 0 Å². The summed E-state index contributed by atoms with van der Waals surface area (Å²) in [6, 6.07) is 0.610. The SMILES string of the molecule is c1nnc2n1NC(C1CCCCC1)CS2. The summed E-state index contributed by atoms with van der Waals surface area (Å²) in [4.78, 5) is 0. The van der Waals surface area contributed by atoms with Crippen molar-refractivity contribution in [3.05, 3.63) is 6.33 Å². The second kappa shape index (κ2) is 4.04. The zero-order valence-electron chi connectivity index (χ0n) is 8.72. The molecule has 1 unspecified atom stereocenters. The quantitative estimate of drug-likeness (QED) is 0.791. The maximum Gasteiger partial charge on any atom is 0.209 e. The monoisotopic (exact) mass is 224 g/mol. The van der Waals surface area contributed by atoms with E-state index in [2.05, 4.69) is 15.6 Å². The van der Waals surface area contributed by atoms with Gasteiger partial charge < -0.3 is 5.43 Å². The van der Waals surface area contributed by atoms with Gasteiger partial charge in [-0.2, -0.15) is 0 Å². The fourth-order valence-corrected chi connectivity index (χ4v) is 3.59. The van der Waals surface area contributed by atoms with Crippen LogP contribution in [-0.4, -0.2) is 26.7 Å². The summed E-state index contributed by atoms with van der Waals surface area (Å²) >= 11 is 1.82. The molecule has 0 amide bonds. The van der Waals surface area contributed by atoms with Gasteiger partial charge in [0, 0.05) is 5.75 Å². The topological polar surface area (TPSA) is 42.7 Å². The molecule has 82 valence electrons. The van der Waals surface area contributed by atoms with Crippen LogP contribution in [0.1, 0.15) is 32.1 Å². The van der Waals surface area contributed by atoms with E-state index in [1.807, 2.05) is 16.4 Å². The van der Waals surface area contributed by atoms with Crippen molar-refractivity contribution in [2.24, 2.45) is 5.92 Å². The molecule has 5 heteroatoms. The molecule has 1 aliphatic heterocycles. The van der Waals surface area contributed by atoms with Crippen molar-refractivity contribution >= 4 is 11.8 Å². The third-order valence-corrected chi connectivity index (χ3v) is 4.49. The highest BCUT2D eigenvalue weighted by molar-refractivity contribution is 7.99. The summed E-state index contributed by atoms with van der Waals surface area (Å²) in [7, 11) is 0. The van der Waals surface area contributed by atoms with Crippen molar-refractivity contribution in [3.8, 4) is 0 Å². The Morgan fingerprint density at radius 1 is 1.33 bits per heavy atom. The van der Waals surface area contributed by atoms with E-state index in [0.717, 1.165) is 16.8 Å². The predicted molar refractivity (Wildman–Crippen MR) is 60.5 cm³/mol.